The van der Waals surface area contributed by atoms with Gasteiger partial charge in [-0.25, -0.2) is 0 Å². The van der Waals surface area contributed by atoms with Crippen molar-refractivity contribution in [2.24, 2.45) is 0 Å². The summed E-state index contributed by atoms with van der Waals surface area (Å²) in [5.41, 5.74) is 1.61. The molecule has 0 atom stereocenters. The number of halogens is 2. The summed E-state index contributed by atoms with van der Waals surface area (Å²) < 4.78 is 6.62. The summed E-state index contributed by atoms with van der Waals surface area (Å²) in [6.07, 6.45) is 1.09. The van der Waals surface area contributed by atoms with Crippen molar-refractivity contribution >= 4 is 45.2 Å². The molecule has 0 unspecified atom stereocenters. The van der Waals surface area contributed by atoms with Gasteiger partial charge in [0.25, 0.3) is 5.91 Å². The summed E-state index contributed by atoms with van der Waals surface area (Å²) in [6.45, 7) is 6.35. The number of carbonyl (C=O) groups excluding carboxylic acids is 1. The van der Waals surface area contributed by atoms with Crippen molar-refractivity contribution in [1.29, 1.82) is 0 Å². The molecule has 0 aliphatic heterocycles. The van der Waals surface area contributed by atoms with Crippen molar-refractivity contribution in [1.82, 2.24) is 10.6 Å². The molecule has 0 aliphatic rings. The average Bonchev–Trinajstić information content (AvgIpc) is 2.76. The third-order valence-electron chi connectivity index (χ3n) is 3.12. The predicted octanol–water partition coefficient (Wildman–Crippen LogP) is 3.65. The fraction of sp³-hybridized carbons (Fsp3) is 0.400. The van der Waals surface area contributed by atoms with Gasteiger partial charge in [-0.15, -0.1) is 12.4 Å². The van der Waals surface area contributed by atoms with Crippen LogP contribution >= 0.6 is 28.3 Å². The molecule has 2 N–H and O–H groups in total. The van der Waals surface area contributed by atoms with Gasteiger partial charge in [0, 0.05) is 28.5 Å². The molecule has 4 nitrogen and oxygen atoms in total. The molecule has 1 aromatic heterocycles. The van der Waals surface area contributed by atoms with Gasteiger partial charge in [-0.3, -0.25) is 4.79 Å². The van der Waals surface area contributed by atoms with E-state index >= 15 is 0 Å². The summed E-state index contributed by atoms with van der Waals surface area (Å²) >= 11 is 3.43. The third-order valence-corrected chi connectivity index (χ3v) is 3.61. The molecule has 21 heavy (non-hydrogen) atoms. The van der Waals surface area contributed by atoms with Gasteiger partial charge in [-0.1, -0.05) is 22.9 Å². The molecule has 0 bridgehead atoms. The first-order valence-corrected chi connectivity index (χ1v) is 7.60. The van der Waals surface area contributed by atoms with E-state index in [1.54, 1.807) is 0 Å². The molecular weight excluding hydrogens is 356 g/mol. The molecule has 1 amide bonds. The van der Waals surface area contributed by atoms with E-state index in [0.717, 1.165) is 40.5 Å². The van der Waals surface area contributed by atoms with E-state index in [1.165, 1.54) is 0 Å². The number of carbonyl (C=O) groups is 1. The van der Waals surface area contributed by atoms with Gasteiger partial charge in [0.05, 0.1) is 0 Å². The average molecular weight is 376 g/mol. The second-order valence-corrected chi connectivity index (χ2v) is 5.62. The van der Waals surface area contributed by atoms with Crippen molar-refractivity contribution in [3.63, 3.8) is 0 Å². The van der Waals surface area contributed by atoms with E-state index < -0.39 is 0 Å². The zero-order valence-corrected chi connectivity index (χ0v) is 14.6. The van der Waals surface area contributed by atoms with Crippen LogP contribution in [0.1, 0.15) is 29.5 Å². The van der Waals surface area contributed by atoms with Crippen LogP contribution in [-0.2, 0) is 0 Å². The molecule has 1 aromatic carbocycles. The highest BCUT2D eigenvalue weighted by atomic mass is 79.9. The number of benzene rings is 1. The maximum atomic E-state index is 12.1. The molecule has 0 spiro atoms. The largest absolute Gasteiger partial charge is 0.451 e. The normalized spacial score (nSPS) is 10.4. The zero-order chi connectivity index (χ0) is 14.5. The Balaban J connectivity index is 0.00000220. The number of hydrogen-bond donors (Lipinski definition) is 2. The maximum Gasteiger partial charge on any atom is 0.287 e. The fourth-order valence-electron chi connectivity index (χ4n) is 2.06. The van der Waals surface area contributed by atoms with Gasteiger partial charge in [0.2, 0.25) is 0 Å². The van der Waals surface area contributed by atoms with Crippen LogP contribution in [0.15, 0.2) is 27.1 Å². The minimum absolute atomic E-state index is 0. The van der Waals surface area contributed by atoms with Crippen molar-refractivity contribution in [2.45, 2.75) is 20.3 Å². The molecule has 0 saturated carbocycles. The molecule has 2 rings (SSSR count). The number of fused-ring (bicyclic) bond motifs is 1. The number of hydrogen-bond acceptors (Lipinski definition) is 3. The number of aryl methyl sites for hydroxylation is 1. The molecule has 6 heteroatoms. The van der Waals surface area contributed by atoms with Crippen molar-refractivity contribution in [3.8, 4) is 0 Å². The molecular formula is C15H20BrClN2O2. The lowest BCUT2D eigenvalue weighted by molar-refractivity contribution is 0.0927. The first-order valence-electron chi connectivity index (χ1n) is 6.81. The molecule has 116 valence electrons. The Kier molecular flexibility index (Phi) is 7.22. The number of amides is 1. The van der Waals surface area contributed by atoms with Gasteiger partial charge in [0.15, 0.2) is 5.76 Å². The molecule has 2 aromatic rings. The molecule has 1 heterocycles. The molecule has 0 saturated heterocycles. The van der Waals surface area contributed by atoms with Gasteiger partial charge in [0.1, 0.15) is 5.58 Å². The minimum Gasteiger partial charge on any atom is -0.451 e. The summed E-state index contributed by atoms with van der Waals surface area (Å²) in [7, 11) is 0. The Morgan fingerprint density at radius 3 is 2.76 bits per heavy atom. The van der Waals surface area contributed by atoms with Crippen LogP contribution in [0, 0.1) is 6.92 Å². The van der Waals surface area contributed by atoms with Crippen molar-refractivity contribution in [2.75, 3.05) is 19.6 Å². The number of rotatable bonds is 6. The third kappa shape index (κ3) is 4.46. The highest BCUT2D eigenvalue weighted by Gasteiger charge is 2.17. The topological polar surface area (TPSA) is 54.3 Å². The smallest absolute Gasteiger partial charge is 0.287 e. The van der Waals surface area contributed by atoms with Crippen LogP contribution in [0.5, 0.6) is 0 Å². The Morgan fingerprint density at radius 1 is 1.29 bits per heavy atom. The van der Waals surface area contributed by atoms with Crippen LogP contribution in [0.3, 0.4) is 0 Å². The first-order chi connectivity index (χ1) is 9.63. The Labute approximate surface area is 139 Å². The summed E-state index contributed by atoms with van der Waals surface area (Å²) in [6, 6.07) is 5.74. The fourth-order valence-corrected chi connectivity index (χ4v) is 2.42. The van der Waals surface area contributed by atoms with Crippen LogP contribution in [0.4, 0.5) is 0 Å². The Hall–Kier alpha value is -1.04. The predicted molar refractivity (Wildman–Crippen MR) is 91.4 cm³/mol. The number of nitrogens with one attached hydrogen (secondary N) is 2. The maximum absolute atomic E-state index is 12.1. The Morgan fingerprint density at radius 2 is 2.05 bits per heavy atom. The zero-order valence-electron chi connectivity index (χ0n) is 12.2. The van der Waals surface area contributed by atoms with Crippen molar-refractivity contribution < 1.29 is 9.21 Å². The second-order valence-electron chi connectivity index (χ2n) is 4.70. The molecule has 0 fully saturated rings. The van der Waals surface area contributed by atoms with E-state index in [4.69, 9.17) is 4.42 Å². The van der Waals surface area contributed by atoms with E-state index in [-0.39, 0.29) is 18.3 Å². The molecule has 0 aliphatic carbocycles. The quantitative estimate of drug-likeness (QED) is 0.758. The lowest BCUT2D eigenvalue weighted by atomic mass is 10.1. The van der Waals surface area contributed by atoms with E-state index in [0.29, 0.717) is 12.3 Å². The second kappa shape index (κ2) is 8.41. The molecule has 0 radical (unpaired) electrons. The first kappa shape index (κ1) is 18.0. The van der Waals surface area contributed by atoms with Gasteiger partial charge in [-0.05, 0) is 38.1 Å². The van der Waals surface area contributed by atoms with Gasteiger partial charge >= 0.3 is 0 Å². The SMILES string of the molecule is CCCNCCNC(=O)c1oc2ccc(Br)cc2c1C.Cl. The van der Waals surface area contributed by atoms with Crippen LogP contribution in [-0.4, -0.2) is 25.5 Å². The van der Waals surface area contributed by atoms with Gasteiger partial charge in [-0.2, -0.15) is 0 Å². The lowest BCUT2D eigenvalue weighted by Crippen LogP contribution is -2.32. The number of furan rings is 1. The highest BCUT2D eigenvalue weighted by molar-refractivity contribution is 9.10. The van der Waals surface area contributed by atoms with Crippen LogP contribution in [0.25, 0.3) is 11.0 Å². The highest BCUT2D eigenvalue weighted by Crippen LogP contribution is 2.27. The lowest BCUT2D eigenvalue weighted by Gasteiger charge is -2.04. The van der Waals surface area contributed by atoms with Crippen LogP contribution in [0.2, 0.25) is 0 Å². The summed E-state index contributed by atoms with van der Waals surface area (Å²) in [5.74, 6) is 0.238. The van der Waals surface area contributed by atoms with E-state index in [9.17, 15) is 4.79 Å². The van der Waals surface area contributed by atoms with E-state index in [1.807, 2.05) is 25.1 Å². The van der Waals surface area contributed by atoms with Gasteiger partial charge < -0.3 is 15.1 Å². The van der Waals surface area contributed by atoms with E-state index in [2.05, 4.69) is 33.5 Å². The van der Waals surface area contributed by atoms with Crippen molar-refractivity contribution in [3.05, 3.63) is 34.0 Å². The van der Waals surface area contributed by atoms with Crippen LogP contribution < -0.4 is 10.6 Å². The minimum atomic E-state index is -0.159. The summed E-state index contributed by atoms with van der Waals surface area (Å²) in [4.78, 5) is 12.1. The monoisotopic (exact) mass is 374 g/mol. The summed E-state index contributed by atoms with van der Waals surface area (Å²) in [5, 5.41) is 7.07. The standard InChI is InChI=1S/C15H19BrN2O2.ClH/c1-3-6-17-7-8-18-15(19)14-10(2)12-9-11(16)4-5-13(12)20-14;/h4-5,9,17H,3,6-8H2,1-2H3,(H,18,19);1H. The Bertz CT molecular complexity index is 613.